The Morgan fingerprint density at radius 1 is 0.667 bits per heavy atom. The molecule has 2 nitrogen and oxygen atoms in total. The molecule has 1 aromatic heterocycles. The highest BCUT2D eigenvalue weighted by molar-refractivity contribution is 6.50. The first-order valence-electron chi connectivity index (χ1n) is 8.44. The van der Waals surface area contributed by atoms with Gasteiger partial charge in [-0.05, 0) is 36.8 Å². The number of anilines is 2. The van der Waals surface area contributed by atoms with Gasteiger partial charge in [0.15, 0.2) is 0 Å². The van der Waals surface area contributed by atoms with E-state index >= 15 is 0 Å². The molecule has 0 radical (unpaired) electrons. The molecule has 7 heteroatoms. The molecule has 0 saturated carbocycles. The van der Waals surface area contributed by atoms with Gasteiger partial charge in [0.2, 0.25) is 11.4 Å². The Kier molecular flexibility index (Phi) is 6.61. The summed E-state index contributed by atoms with van der Waals surface area (Å²) in [5.74, 6) is 0. The van der Waals surface area contributed by atoms with Crippen molar-refractivity contribution in [3.63, 3.8) is 0 Å². The first-order chi connectivity index (χ1) is 12.7. The fourth-order valence-corrected chi connectivity index (χ4v) is 2.93. The molecule has 2 aromatic carbocycles. The van der Waals surface area contributed by atoms with Crippen molar-refractivity contribution < 1.29 is 21.9 Å². The smallest absolute Gasteiger partial charge is 0.418 e. The number of rotatable bonds is 3. The van der Waals surface area contributed by atoms with E-state index in [0.717, 1.165) is 11.4 Å². The highest BCUT2D eigenvalue weighted by Crippen LogP contribution is 2.23. The molecule has 0 fully saturated rings. The molecule has 3 rings (SSSR count). The molecule has 0 unspecified atom stereocenters. The predicted octanol–water partition coefficient (Wildman–Crippen LogP) is 5.80. The van der Waals surface area contributed by atoms with Crippen molar-refractivity contribution in [2.24, 2.45) is 0 Å². The predicted molar refractivity (Wildman–Crippen MR) is 101 cm³/mol. The molecule has 142 valence electrons. The summed E-state index contributed by atoms with van der Waals surface area (Å²) in [6.07, 6.45) is 0. The van der Waals surface area contributed by atoms with Crippen LogP contribution in [0.1, 0.15) is 17.0 Å². The van der Waals surface area contributed by atoms with Gasteiger partial charge in [-0.1, -0.05) is 41.1 Å². The Balaban J connectivity index is 0.000000465. The molecule has 0 amide bonds. The minimum absolute atomic E-state index is 1.15. The van der Waals surface area contributed by atoms with E-state index in [4.69, 9.17) is 0 Å². The van der Waals surface area contributed by atoms with Crippen LogP contribution in [0.2, 0.25) is 0 Å². The van der Waals surface area contributed by atoms with Crippen molar-refractivity contribution in [2.45, 2.75) is 20.8 Å². The quantitative estimate of drug-likeness (QED) is 0.318. The second-order valence-electron chi connectivity index (χ2n) is 6.11. The maximum Gasteiger partial charge on any atom is 0.673 e. The molecule has 3 aromatic rings. The fraction of sp³-hybridized carbons (Fsp3) is 0.150. The van der Waals surface area contributed by atoms with Gasteiger partial charge in [0.05, 0.1) is 0 Å². The van der Waals surface area contributed by atoms with Gasteiger partial charge in [0.25, 0.3) is 0 Å². The topological polar surface area (TPSA) is 7.12 Å². The maximum atomic E-state index is 9.75. The molecule has 0 aliphatic rings. The molecule has 1 heterocycles. The molecular weight excluding hydrogens is 355 g/mol. The number of para-hydroxylation sites is 2. The summed E-state index contributed by atoms with van der Waals surface area (Å²) in [7, 11) is -6.00. The average molecular weight is 376 g/mol. The highest BCUT2D eigenvalue weighted by Gasteiger charge is 2.24. The van der Waals surface area contributed by atoms with Crippen LogP contribution in [-0.4, -0.2) is 7.25 Å². The molecule has 0 spiro atoms. The zero-order valence-electron chi connectivity index (χ0n) is 15.4. The summed E-state index contributed by atoms with van der Waals surface area (Å²) in [6.45, 7) is 6.44. The molecule has 0 saturated heterocycles. The molecule has 0 bridgehead atoms. The summed E-state index contributed by atoms with van der Waals surface area (Å²) in [6, 6.07) is 25.4. The highest BCUT2D eigenvalue weighted by atomic mass is 19.5. The Bertz CT molecular complexity index is 800. The summed E-state index contributed by atoms with van der Waals surface area (Å²) in [4.78, 5) is 0. The van der Waals surface area contributed by atoms with E-state index in [2.05, 4.69) is 91.1 Å². The number of pyridine rings is 1. The summed E-state index contributed by atoms with van der Waals surface area (Å²) < 4.78 is 41.3. The van der Waals surface area contributed by atoms with Crippen molar-refractivity contribution in [1.29, 1.82) is 0 Å². The van der Waals surface area contributed by atoms with Crippen LogP contribution in [0.4, 0.5) is 28.6 Å². The van der Waals surface area contributed by atoms with E-state index in [-0.39, 0.29) is 0 Å². The van der Waals surface area contributed by atoms with E-state index in [1.54, 1.807) is 0 Å². The van der Waals surface area contributed by atoms with E-state index in [0.29, 0.717) is 0 Å². The van der Waals surface area contributed by atoms with Crippen LogP contribution in [0.15, 0.2) is 72.8 Å². The third-order valence-corrected chi connectivity index (χ3v) is 3.74. The van der Waals surface area contributed by atoms with E-state index < -0.39 is 7.25 Å². The van der Waals surface area contributed by atoms with Crippen molar-refractivity contribution in [2.75, 3.05) is 5.01 Å². The minimum atomic E-state index is -6.00. The lowest BCUT2D eigenvalue weighted by Gasteiger charge is -2.21. The summed E-state index contributed by atoms with van der Waals surface area (Å²) in [5.41, 5.74) is 6.00. The van der Waals surface area contributed by atoms with Gasteiger partial charge in [-0.2, -0.15) is 0 Å². The van der Waals surface area contributed by atoms with Gasteiger partial charge in [-0.3, -0.25) is 0 Å². The van der Waals surface area contributed by atoms with E-state index in [9.17, 15) is 17.3 Å². The van der Waals surface area contributed by atoms with Gasteiger partial charge in [0.1, 0.15) is 11.4 Å². The van der Waals surface area contributed by atoms with Crippen molar-refractivity contribution in [3.8, 4) is 0 Å². The third kappa shape index (κ3) is 6.13. The first kappa shape index (κ1) is 20.5. The fourth-order valence-electron chi connectivity index (χ4n) is 2.93. The normalized spacial score (nSPS) is 10.8. The third-order valence-electron chi connectivity index (χ3n) is 3.74. The van der Waals surface area contributed by atoms with Gasteiger partial charge in [0, 0.05) is 26.0 Å². The van der Waals surface area contributed by atoms with Crippen molar-refractivity contribution in [3.05, 3.63) is 89.7 Å². The average Bonchev–Trinajstić information content (AvgIpc) is 2.58. The number of benzene rings is 2. The Morgan fingerprint density at radius 2 is 1.00 bits per heavy atom. The monoisotopic (exact) mass is 376 g/mol. The zero-order chi connectivity index (χ0) is 20.0. The van der Waals surface area contributed by atoms with Crippen LogP contribution >= 0.6 is 0 Å². The first-order valence-corrected chi connectivity index (χ1v) is 8.44. The number of halogens is 4. The lowest BCUT2D eigenvalue weighted by atomic mass is 10.2. The van der Waals surface area contributed by atoms with Crippen LogP contribution in [0.5, 0.6) is 0 Å². The lowest BCUT2D eigenvalue weighted by Crippen LogP contribution is -2.55. The minimum Gasteiger partial charge on any atom is -0.418 e. The Hall–Kier alpha value is -2.83. The van der Waals surface area contributed by atoms with Gasteiger partial charge in [-0.15, -0.1) is 5.01 Å². The number of nitrogens with zero attached hydrogens (tertiary/aromatic N) is 2. The van der Waals surface area contributed by atoms with Gasteiger partial charge >= 0.3 is 7.25 Å². The van der Waals surface area contributed by atoms with Crippen LogP contribution < -0.4 is 9.69 Å². The number of aromatic nitrogens is 1. The second kappa shape index (κ2) is 8.71. The van der Waals surface area contributed by atoms with Crippen LogP contribution in [-0.2, 0) is 0 Å². The van der Waals surface area contributed by atoms with Gasteiger partial charge in [-0.25, -0.2) is 0 Å². The molecule has 0 aliphatic heterocycles. The standard InChI is InChI=1S/C20H21N2.BF4/c1-16-14-17(2)21(18(3)15-16)22(19-10-6-4-7-11-19)20-12-8-5-9-13-20;2-1(3,4)5/h4-15H,1-3H3;/q+1;-1. The molecular formula is C20H21BF4N2. The molecule has 27 heavy (non-hydrogen) atoms. The summed E-state index contributed by atoms with van der Waals surface area (Å²) in [5, 5.41) is 2.25. The molecule has 0 aliphatic carbocycles. The van der Waals surface area contributed by atoms with Crippen molar-refractivity contribution >= 4 is 18.6 Å². The van der Waals surface area contributed by atoms with Crippen LogP contribution in [0.3, 0.4) is 0 Å². The van der Waals surface area contributed by atoms with Crippen LogP contribution in [0.25, 0.3) is 0 Å². The Labute approximate surface area is 156 Å². The van der Waals surface area contributed by atoms with E-state index in [1.165, 1.54) is 17.0 Å². The number of hydrogen-bond acceptors (Lipinski definition) is 1. The Morgan fingerprint density at radius 3 is 1.33 bits per heavy atom. The van der Waals surface area contributed by atoms with Crippen LogP contribution in [0, 0.1) is 20.8 Å². The van der Waals surface area contributed by atoms with E-state index in [1.807, 2.05) is 12.1 Å². The number of aryl methyl sites for hydroxylation is 3. The maximum absolute atomic E-state index is 9.75. The SMILES string of the molecule is Cc1cc(C)[n+](N(c2ccccc2)c2ccccc2)c(C)c1.F[B-](F)(F)F. The van der Waals surface area contributed by atoms with Crippen molar-refractivity contribution in [1.82, 2.24) is 0 Å². The second-order valence-corrected chi connectivity index (χ2v) is 6.11. The molecule has 0 N–H and O–H groups in total. The summed E-state index contributed by atoms with van der Waals surface area (Å²) >= 11 is 0. The zero-order valence-corrected chi connectivity index (χ0v) is 15.4. The largest absolute Gasteiger partial charge is 0.673 e. The lowest BCUT2D eigenvalue weighted by molar-refractivity contribution is -0.687. The molecule has 0 atom stereocenters. The number of hydrogen-bond donors (Lipinski definition) is 0. The van der Waals surface area contributed by atoms with Gasteiger partial charge < -0.3 is 17.3 Å².